The van der Waals surface area contributed by atoms with Crippen molar-refractivity contribution in [3.8, 4) is 17.2 Å². The average Bonchev–Trinajstić information content (AvgIpc) is 2.72. The second-order valence-corrected chi connectivity index (χ2v) is 6.04. The van der Waals surface area contributed by atoms with Gasteiger partial charge in [-0.3, -0.25) is 9.59 Å². The lowest BCUT2D eigenvalue weighted by Crippen LogP contribution is -2.32. The molecule has 0 saturated carbocycles. The zero-order chi connectivity index (χ0) is 21.1. The molecule has 0 saturated heterocycles. The summed E-state index contributed by atoms with van der Waals surface area (Å²) < 4.78 is 10.8. The number of anilines is 1. The highest BCUT2D eigenvalue weighted by Crippen LogP contribution is 2.26. The quantitative estimate of drug-likeness (QED) is 0.260. The summed E-state index contributed by atoms with van der Waals surface area (Å²) in [7, 11) is 0. The van der Waals surface area contributed by atoms with Crippen LogP contribution in [-0.2, 0) is 9.59 Å². The molecule has 0 aliphatic rings. The van der Waals surface area contributed by atoms with Crippen LogP contribution in [0.4, 0.5) is 5.69 Å². The van der Waals surface area contributed by atoms with E-state index < -0.39 is 11.8 Å². The molecule has 0 aliphatic carbocycles. The van der Waals surface area contributed by atoms with E-state index in [0.717, 1.165) is 12.8 Å². The summed E-state index contributed by atoms with van der Waals surface area (Å²) in [5.74, 6) is -0.737. The van der Waals surface area contributed by atoms with Crippen molar-refractivity contribution >= 4 is 23.7 Å². The first-order valence-corrected chi connectivity index (χ1v) is 9.36. The van der Waals surface area contributed by atoms with Crippen molar-refractivity contribution in [2.45, 2.75) is 26.7 Å². The second-order valence-electron chi connectivity index (χ2n) is 6.04. The third-order valence-electron chi connectivity index (χ3n) is 3.75. The van der Waals surface area contributed by atoms with Gasteiger partial charge in [0, 0.05) is 5.69 Å². The Balaban J connectivity index is 1.85. The SMILES string of the molecule is CCCCOc1ccc(NC(=O)C(=O)N/N=C\c2ccc(O)c(OCC)c2)cc1. The van der Waals surface area contributed by atoms with E-state index in [1.807, 2.05) is 0 Å². The van der Waals surface area contributed by atoms with E-state index in [-0.39, 0.29) is 5.75 Å². The zero-order valence-corrected chi connectivity index (χ0v) is 16.5. The Morgan fingerprint density at radius 1 is 1.07 bits per heavy atom. The predicted octanol–water partition coefficient (Wildman–Crippen LogP) is 3.06. The normalized spacial score (nSPS) is 10.6. The first-order valence-electron chi connectivity index (χ1n) is 9.36. The Labute approximate surface area is 169 Å². The number of rotatable bonds is 9. The Morgan fingerprint density at radius 2 is 1.83 bits per heavy atom. The summed E-state index contributed by atoms with van der Waals surface area (Å²) in [6.45, 7) is 4.92. The Kier molecular flexibility index (Phi) is 8.50. The molecule has 2 amide bonds. The number of unbranched alkanes of at least 4 members (excludes halogenated alkanes) is 1. The van der Waals surface area contributed by atoms with E-state index in [0.29, 0.717) is 36.0 Å². The van der Waals surface area contributed by atoms with Crippen LogP contribution in [0.2, 0.25) is 0 Å². The molecule has 0 heterocycles. The maximum Gasteiger partial charge on any atom is 0.329 e. The van der Waals surface area contributed by atoms with E-state index in [1.54, 1.807) is 43.3 Å². The van der Waals surface area contributed by atoms with Gasteiger partial charge in [0.15, 0.2) is 11.5 Å². The maximum atomic E-state index is 12.0. The van der Waals surface area contributed by atoms with E-state index in [2.05, 4.69) is 22.8 Å². The van der Waals surface area contributed by atoms with E-state index in [1.165, 1.54) is 12.3 Å². The molecule has 2 rings (SSSR count). The lowest BCUT2D eigenvalue weighted by molar-refractivity contribution is -0.136. The van der Waals surface area contributed by atoms with Gasteiger partial charge in [0.1, 0.15) is 5.75 Å². The van der Waals surface area contributed by atoms with Crippen LogP contribution in [0.15, 0.2) is 47.6 Å². The maximum absolute atomic E-state index is 12.0. The van der Waals surface area contributed by atoms with Gasteiger partial charge in [-0.15, -0.1) is 0 Å². The molecule has 0 radical (unpaired) electrons. The average molecular weight is 399 g/mol. The van der Waals surface area contributed by atoms with Gasteiger partial charge in [-0.25, -0.2) is 5.43 Å². The third kappa shape index (κ3) is 7.17. The van der Waals surface area contributed by atoms with Crippen LogP contribution in [0.1, 0.15) is 32.3 Å². The zero-order valence-electron chi connectivity index (χ0n) is 16.5. The minimum absolute atomic E-state index is 0.00851. The number of hydrogen-bond donors (Lipinski definition) is 3. The van der Waals surface area contributed by atoms with Gasteiger partial charge in [-0.2, -0.15) is 5.10 Å². The number of phenols is 1. The predicted molar refractivity (Wildman–Crippen MR) is 110 cm³/mol. The lowest BCUT2D eigenvalue weighted by atomic mass is 10.2. The van der Waals surface area contributed by atoms with Crippen LogP contribution in [0.25, 0.3) is 0 Å². The van der Waals surface area contributed by atoms with Crippen molar-refractivity contribution in [1.29, 1.82) is 0 Å². The van der Waals surface area contributed by atoms with E-state index in [4.69, 9.17) is 9.47 Å². The van der Waals surface area contributed by atoms with Crippen molar-refractivity contribution in [3.05, 3.63) is 48.0 Å². The molecule has 8 heteroatoms. The Bertz CT molecular complexity index is 850. The van der Waals surface area contributed by atoms with Gasteiger partial charge in [0.05, 0.1) is 19.4 Å². The van der Waals surface area contributed by atoms with Crippen LogP contribution in [0, 0.1) is 0 Å². The van der Waals surface area contributed by atoms with Gasteiger partial charge < -0.3 is 19.9 Å². The van der Waals surface area contributed by atoms with Crippen molar-refractivity contribution in [1.82, 2.24) is 5.43 Å². The summed E-state index contributed by atoms with van der Waals surface area (Å²) in [5, 5.41) is 15.9. The lowest BCUT2D eigenvalue weighted by Gasteiger charge is -2.07. The Hall–Kier alpha value is -3.55. The number of ether oxygens (including phenoxy) is 2. The highest BCUT2D eigenvalue weighted by molar-refractivity contribution is 6.39. The fraction of sp³-hybridized carbons (Fsp3) is 0.286. The summed E-state index contributed by atoms with van der Waals surface area (Å²) >= 11 is 0. The minimum Gasteiger partial charge on any atom is -0.504 e. The molecule has 0 aliphatic heterocycles. The van der Waals surface area contributed by atoms with Crippen LogP contribution >= 0.6 is 0 Å². The number of nitrogens with one attached hydrogen (secondary N) is 2. The van der Waals surface area contributed by atoms with Gasteiger partial charge in [-0.05, 0) is 61.4 Å². The highest BCUT2D eigenvalue weighted by Gasteiger charge is 2.13. The fourth-order valence-corrected chi connectivity index (χ4v) is 2.26. The molecule has 0 fully saturated rings. The number of nitrogens with zero attached hydrogens (tertiary/aromatic N) is 1. The summed E-state index contributed by atoms with van der Waals surface area (Å²) in [4.78, 5) is 23.8. The summed E-state index contributed by atoms with van der Waals surface area (Å²) in [5.41, 5.74) is 3.21. The third-order valence-corrected chi connectivity index (χ3v) is 3.75. The molecule has 0 atom stereocenters. The van der Waals surface area contributed by atoms with Crippen molar-refractivity contribution in [2.24, 2.45) is 5.10 Å². The number of phenolic OH excluding ortho intramolecular Hbond substituents is 1. The molecule has 154 valence electrons. The molecule has 0 aromatic heterocycles. The summed E-state index contributed by atoms with van der Waals surface area (Å²) in [6.07, 6.45) is 3.36. The molecule has 0 bridgehead atoms. The first kappa shape index (κ1) is 21.7. The molecule has 0 spiro atoms. The largest absolute Gasteiger partial charge is 0.504 e. The van der Waals surface area contributed by atoms with Crippen LogP contribution in [0.5, 0.6) is 17.2 Å². The smallest absolute Gasteiger partial charge is 0.329 e. The molecular weight excluding hydrogens is 374 g/mol. The van der Waals surface area contributed by atoms with Crippen LogP contribution in [-0.4, -0.2) is 36.3 Å². The molecule has 29 heavy (non-hydrogen) atoms. The monoisotopic (exact) mass is 399 g/mol. The second kappa shape index (κ2) is 11.3. The van der Waals surface area contributed by atoms with Gasteiger partial charge in [0.2, 0.25) is 0 Å². The molecule has 2 aromatic rings. The summed E-state index contributed by atoms with van der Waals surface area (Å²) in [6, 6.07) is 11.4. The van der Waals surface area contributed by atoms with Crippen molar-refractivity contribution < 1.29 is 24.2 Å². The van der Waals surface area contributed by atoms with Gasteiger partial charge in [-0.1, -0.05) is 13.3 Å². The topological polar surface area (TPSA) is 109 Å². The number of carbonyl (C=O) groups excluding carboxylic acids is 2. The van der Waals surface area contributed by atoms with E-state index >= 15 is 0 Å². The van der Waals surface area contributed by atoms with Gasteiger partial charge in [0.25, 0.3) is 0 Å². The van der Waals surface area contributed by atoms with Crippen molar-refractivity contribution in [3.63, 3.8) is 0 Å². The minimum atomic E-state index is -0.909. The fourth-order valence-electron chi connectivity index (χ4n) is 2.26. The highest BCUT2D eigenvalue weighted by atomic mass is 16.5. The molecule has 0 unspecified atom stereocenters. The molecule has 8 nitrogen and oxygen atoms in total. The molecular formula is C21H25N3O5. The van der Waals surface area contributed by atoms with Crippen LogP contribution in [0.3, 0.4) is 0 Å². The number of carbonyl (C=O) groups is 2. The molecule has 2 aromatic carbocycles. The van der Waals surface area contributed by atoms with Crippen molar-refractivity contribution in [2.75, 3.05) is 18.5 Å². The number of hydrazone groups is 1. The molecule has 3 N–H and O–H groups in total. The number of benzene rings is 2. The van der Waals surface area contributed by atoms with E-state index in [9.17, 15) is 14.7 Å². The standard InChI is InChI=1S/C21H25N3O5/c1-3-5-12-29-17-9-7-16(8-10-17)23-20(26)21(27)24-22-14-15-6-11-18(25)19(13-15)28-4-2/h6-11,13-14,25H,3-5,12H2,1-2H3,(H,23,26)(H,24,27)/b22-14-. The van der Waals surface area contributed by atoms with Gasteiger partial charge >= 0.3 is 11.8 Å². The number of aromatic hydroxyl groups is 1. The number of amides is 2. The first-order chi connectivity index (χ1) is 14.0. The Morgan fingerprint density at radius 3 is 2.52 bits per heavy atom. The number of hydrogen-bond acceptors (Lipinski definition) is 6. The van der Waals surface area contributed by atoms with Crippen LogP contribution < -0.4 is 20.2 Å².